The number of aromatic nitrogens is 4. The highest BCUT2D eigenvalue weighted by Crippen LogP contribution is 2.18. The molecule has 4 rings (SSSR count). The molecular formula is C23H20N6O. The fourth-order valence-corrected chi connectivity index (χ4v) is 2.83. The molecular weight excluding hydrogens is 376 g/mol. The molecule has 3 heterocycles. The Morgan fingerprint density at radius 1 is 0.867 bits per heavy atom. The molecule has 30 heavy (non-hydrogen) atoms. The van der Waals surface area contributed by atoms with Crippen LogP contribution in [0.5, 0.6) is 0 Å². The van der Waals surface area contributed by atoms with Crippen LogP contribution in [0, 0.1) is 0 Å². The van der Waals surface area contributed by atoms with E-state index in [1.807, 2.05) is 60.7 Å². The van der Waals surface area contributed by atoms with Gasteiger partial charge in [0.05, 0.1) is 12.2 Å². The van der Waals surface area contributed by atoms with Gasteiger partial charge in [0.2, 0.25) is 0 Å². The Hall–Kier alpha value is -4.13. The van der Waals surface area contributed by atoms with Crippen molar-refractivity contribution in [3.05, 3.63) is 102 Å². The zero-order valence-electron chi connectivity index (χ0n) is 16.2. The lowest BCUT2D eigenvalue weighted by atomic mass is 10.2. The van der Waals surface area contributed by atoms with Crippen LogP contribution in [0.3, 0.4) is 0 Å². The lowest BCUT2D eigenvalue weighted by Crippen LogP contribution is -2.24. The second-order valence-corrected chi connectivity index (χ2v) is 6.55. The highest BCUT2D eigenvalue weighted by Gasteiger charge is 2.13. The SMILES string of the molecule is O=C(NCc1cccnc1)c1cc(NCc2ccccn2)nc(-c2ccccc2)n1. The molecule has 0 aliphatic carbocycles. The van der Waals surface area contributed by atoms with E-state index in [9.17, 15) is 4.79 Å². The molecule has 0 aliphatic heterocycles. The summed E-state index contributed by atoms with van der Waals surface area (Å²) in [6.45, 7) is 0.858. The molecule has 7 nitrogen and oxygen atoms in total. The molecule has 0 spiro atoms. The molecule has 148 valence electrons. The van der Waals surface area contributed by atoms with E-state index in [-0.39, 0.29) is 11.6 Å². The smallest absolute Gasteiger partial charge is 0.270 e. The largest absolute Gasteiger partial charge is 0.364 e. The van der Waals surface area contributed by atoms with Gasteiger partial charge in [-0.05, 0) is 23.8 Å². The Bertz CT molecular complexity index is 1100. The number of nitrogens with zero attached hydrogens (tertiary/aromatic N) is 4. The Morgan fingerprint density at radius 2 is 1.73 bits per heavy atom. The van der Waals surface area contributed by atoms with Crippen molar-refractivity contribution in [3.8, 4) is 11.4 Å². The first-order valence-electron chi connectivity index (χ1n) is 9.53. The predicted octanol–water partition coefficient (Wildman–Crippen LogP) is 3.48. The molecule has 4 aromatic rings. The van der Waals surface area contributed by atoms with Gasteiger partial charge in [0.1, 0.15) is 11.5 Å². The lowest BCUT2D eigenvalue weighted by Gasteiger charge is -2.11. The number of anilines is 1. The van der Waals surface area contributed by atoms with E-state index in [0.29, 0.717) is 24.7 Å². The van der Waals surface area contributed by atoms with Crippen molar-refractivity contribution < 1.29 is 4.79 Å². The number of benzene rings is 1. The van der Waals surface area contributed by atoms with E-state index in [2.05, 4.69) is 30.6 Å². The maximum Gasteiger partial charge on any atom is 0.270 e. The van der Waals surface area contributed by atoms with Crippen LogP contribution in [-0.4, -0.2) is 25.8 Å². The van der Waals surface area contributed by atoms with E-state index in [1.165, 1.54) is 0 Å². The molecule has 1 amide bonds. The van der Waals surface area contributed by atoms with Crippen molar-refractivity contribution in [2.45, 2.75) is 13.1 Å². The Labute approximate surface area is 174 Å². The van der Waals surface area contributed by atoms with Gasteiger partial charge in [0, 0.05) is 36.8 Å². The second-order valence-electron chi connectivity index (χ2n) is 6.55. The fourth-order valence-electron chi connectivity index (χ4n) is 2.83. The first-order valence-corrected chi connectivity index (χ1v) is 9.53. The number of hydrogen-bond acceptors (Lipinski definition) is 6. The summed E-state index contributed by atoms with van der Waals surface area (Å²) < 4.78 is 0. The Morgan fingerprint density at radius 3 is 2.50 bits per heavy atom. The summed E-state index contributed by atoms with van der Waals surface area (Å²) in [4.78, 5) is 30.2. The number of amides is 1. The molecule has 0 aliphatic rings. The van der Waals surface area contributed by atoms with Gasteiger partial charge >= 0.3 is 0 Å². The number of pyridine rings is 2. The van der Waals surface area contributed by atoms with E-state index in [1.54, 1.807) is 24.7 Å². The first-order chi connectivity index (χ1) is 14.8. The van der Waals surface area contributed by atoms with E-state index in [0.717, 1.165) is 16.8 Å². The number of rotatable bonds is 7. The third-order valence-corrected chi connectivity index (χ3v) is 4.34. The average molecular weight is 396 g/mol. The van der Waals surface area contributed by atoms with Crippen molar-refractivity contribution in [2.75, 3.05) is 5.32 Å². The summed E-state index contributed by atoms with van der Waals surface area (Å²) in [5, 5.41) is 6.12. The zero-order valence-corrected chi connectivity index (χ0v) is 16.2. The summed E-state index contributed by atoms with van der Waals surface area (Å²) in [5.41, 5.74) is 2.91. The lowest BCUT2D eigenvalue weighted by molar-refractivity contribution is 0.0946. The molecule has 0 fully saturated rings. The minimum absolute atomic E-state index is 0.278. The minimum atomic E-state index is -0.278. The number of nitrogens with one attached hydrogen (secondary N) is 2. The van der Waals surface area contributed by atoms with E-state index < -0.39 is 0 Å². The van der Waals surface area contributed by atoms with Crippen LogP contribution in [0.15, 0.2) is 85.3 Å². The highest BCUT2D eigenvalue weighted by atomic mass is 16.1. The molecule has 0 atom stereocenters. The van der Waals surface area contributed by atoms with Gasteiger partial charge in [-0.3, -0.25) is 14.8 Å². The highest BCUT2D eigenvalue weighted by molar-refractivity contribution is 5.93. The molecule has 0 bridgehead atoms. The van der Waals surface area contributed by atoms with Gasteiger partial charge in [-0.15, -0.1) is 0 Å². The summed E-state index contributed by atoms with van der Waals surface area (Å²) >= 11 is 0. The van der Waals surface area contributed by atoms with Gasteiger partial charge in [0.15, 0.2) is 5.82 Å². The fraction of sp³-hybridized carbons (Fsp3) is 0.0870. The summed E-state index contributed by atoms with van der Waals surface area (Å²) in [6, 6.07) is 20.7. The van der Waals surface area contributed by atoms with Crippen LogP contribution in [0.2, 0.25) is 0 Å². The van der Waals surface area contributed by atoms with Gasteiger partial charge in [-0.2, -0.15) is 0 Å². The van der Waals surface area contributed by atoms with Crippen molar-refractivity contribution in [1.82, 2.24) is 25.3 Å². The van der Waals surface area contributed by atoms with Crippen molar-refractivity contribution in [2.24, 2.45) is 0 Å². The van der Waals surface area contributed by atoms with Crippen LogP contribution in [0.4, 0.5) is 5.82 Å². The van der Waals surface area contributed by atoms with Gasteiger partial charge < -0.3 is 10.6 Å². The van der Waals surface area contributed by atoms with E-state index >= 15 is 0 Å². The summed E-state index contributed by atoms with van der Waals surface area (Å²) in [5.74, 6) is 0.758. The van der Waals surface area contributed by atoms with Crippen molar-refractivity contribution in [3.63, 3.8) is 0 Å². The number of hydrogen-bond donors (Lipinski definition) is 2. The molecule has 0 saturated heterocycles. The first kappa shape index (κ1) is 19.2. The molecule has 0 saturated carbocycles. The van der Waals surface area contributed by atoms with Crippen LogP contribution in [0.1, 0.15) is 21.7 Å². The monoisotopic (exact) mass is 396 g/mol. The maximum atomic E-state index is 12.8. The van der Waals surface area contributed by atoms with E-state index in [4.69, 9.17) is 0 Å². The predicted molar refractivity (Wildman–Crippen MR) is 114 cm³/mol. The second kappa shape index (κ2) is 9.38. The number of carbonyl (C=O) groups excluding carboxylic acids is 1. The quantitative estimate of drug-likeness (QED) is 0.497. The topological polar surface area (TPSA) is 92.7 Å². The van der Waals surface area contributed by atoms with Crippen LogP contribution in [-0.2, 0) is 13.1 Å². The standard InChI is InChI=1S/C23H20N6O/c30-23(27-15-17-7-6-11-24-14-17)20-13-21(26-16-19-10-4-5-12-25-19)29-22(28-20)18-8-2-1-3-9-18/h1-14H,15-16H2,(H,27,30)(H,26,28,29). The zero-order chi connectivity index (χ0) is 20.6. The Kier molecular flexibility index (Phi) is 6.00. The molecule has 1 aromatic carbocycles. The van der Waals surface area contributed by atoms with Crippen molar-refractivity contribution in [1.29, 1.82) is 0 Å². The molecule has 2 N–H and O–H groups in total. The van der Waals surface area contributed by atoms with Crippen LogP contribution >= 0.6 is 0 Å². The third-order valence-electron chi connectivity index (χ3n) is 4.34. The third kappa shape index (κ3) is 5.02. The summed E-state index contributed by atoms with van der Waals surface area (Å²) in [6.07, 6.45) is 5.15. The average Bonchev–Trinajstić information content (AvgIpc) is 2.83. The van der Waals surface area contributed by atoms with Gasteiger partial charge in [0.25, 0.3) is 5.91 Å². The minimum Gasteiger partial charge on any atom is -0.364 e. The maximum absolute atomic E-state index is 12.8. The van der Waals surface area contributed by atoms with Crippen LogP contribution < -0.4 is 10.6 Å². The van der Waals surface area contributed by atoms with Gasteiger partial charge in [-0.25, -0.2) is 9.97 Å². The Balaban J connectivity index is 1.57. The number of carbonyl (C=O) groups is 1. The normalized spacial score (nSPS) is 10.4. The summed E-state index contributed by atoms with van der Waals surface area (Å²) in [7, 11) is 0. The van der Waals surface area contributed by atoms with Gasteiger partial charge in [-0.1, -0.05) is 42.5 Å². The molecule has 7 heteroatoms. The molecule has 0 radical (unpaired) electrons. The molecule has 0 unspecified atom stereocenters. The van der Waals surface area contributed by atoms with Crippen LogP contribution in [0.25, 0.3) is 11.4 Å². The molecule has 3 aromatic heterocycles. The van der Waals surface area contributed by atoms with Crippen molar-refractivity contribution >= 4 is 11.7 Å².